The summed E-state index contributed by atoms with van der Waals surface area (Å²) in [6.07, 6.45) is 5.20. The maximum atomic E-state index is 5.70. The second kappa shape index (κ2) is 8.11. The van der Waals surface area contributed by atoms with Gasteiger partial charge in [-0.3, -0.25) is 0 Å². The van der Waals surface area contributed by atoms with Crippen LogP contribution in [0.3, 0.4) is 0 Å². The smallest absolute Gasteiger partial charge is 0.130 e. The van der Waals surface area contributed by atoms with Gasteiger partial charge in [-0.1, -0.05) is 0 Å². The van der Waals surface area contributed by atoms with Gasteiger partial charge in [-0.05, 0) is 18.9 Å². The number of nitrogens with two attached hydrogens (primary N) is 1. The summed E-state index contributed by atoms with van der Waals surface area (Å²) in [6.45, 7) is 3.82. The zero-order valence-electron chi connectivity index (χ0n) is 10.6. The minimum Gasteiger partial charge on any atom is -0.382 e. The van der Waals surface area contributed by atoms with Gasteiger partial charge in [0.1, 0.15) is 5.82 Å². The van der Waals surface area contributed by atoms with Crippen molar-refractivity contribution in [2.45, 2.75) is 25.8 Å². The molecule has 0 saturated heterocycles. The van der Waals surface area contributed by atoms with Crippen molar-refractivity contribution in [2.24, 2.45) is 5.73 Å². The first-order valence-corrected chi connectivity index (χ1v) is 5.84. The van der Waals surface area contributed by atoms with Crippen molar-refractivity contribution in [2.75, 3.05) is 26.9 Å². The molecule has 1 rings (SSSR count). The predicted molar refractivity (Wildman–Crippen MR) is 65.8 cm³/mol. The Morgan fingerprint density at radius 2 is 1.94 bits per heavy atom. The first kappa shape index (κ1) is 14.0. The summed E-state index contributed by atoms with van der Waals surface area (Å²) in [5, 5.41) is 0. The van der Waals surface area contributed by atoms with Crippen molar-refractivity contribution >= 4 is 0 Å². The third-order valence-corrected chi connectivity index (χ3v) is 2.22. The van der Waals surface area contributed by atoms with E-state index in [9.17, 15) is 0 Å². The highest BCUT2D eigenvalue weighted by molar-refractivity contribution is 5.06. The number of aromatic nitrogens is 2. The minimum atomic E-state index is 0.141. The molecule has 2 N–H and O–H groups in total. The van der Waals surface area contributed by atoms with E-state index in [-0.39, 0.29) is 6.04 Å². The van der Waals surface area contributed by atoms with Crippen molar-refractivity contribution in [1.82, 2.24) is 9.97 Å². The van der Waals surface area contributed by atoms with E-state index in [1.165, 1.54) is 0 Å². The highest BCUT2D eigenvalue weighted by atomic mass is 16.5. The topological polar surface area (TPSA) is 70.3 Å². The summed E-state index contributed by atoms with van der Waals surface area (Å²) in [7, 11) is 1.66. The Balaban J connectivity index is 2.25. The normalized spacial score (nSPS) is 12.6. The molecule has 0 bridgehead atoms. The van der Waals surface area contributed by atoms with Crippen LogP contribution in [0.5, 0.6) is 0 Å². The number of hydrogen-bond acceptors (Lipinski definition) is 5. The van der Waals surface area contributed by atoms with Crippen LogP contribution in [0.4, 0.5) is 0 Å². The Hall–Kier alpha value is -1.04. The summed E-state index contributed by atoms with van der Waals surface area (Å²) in [4.78, 5) is 8.54. The molecule has 1 atom stereocenters. The van der Waals surface area contributed by atoms with Gasteiger partial charge in [-0.25, -0.2) is 9.97 Å². The number of ether oxygens (including phenoxy) is 2. The summed E-state index contributed by atoms with van der Waals surface area (Å²) >= 11 is 0. The molecule has 5 nitrogen and oxygen atoms in total. The van der Waals surface area contributed by atoms with Gasteiger partial charge in [0.15, 0.2) is 0 Å². The zero-order valence-corrected chi connectivity index (χ0v) is 10.6. The lowest BCUT2D eigenvalue weighted by Crippen LogP contribution is -2.18. The number of rotatable bonds is 8. The molecule has 1 heterocycles. The second-order valence-electron chi connectivity index (χ2n) is 4.04. The lowest BCUT2D eigenvalue weighted by Gasteiger charge is -2.05. The van der Waals surface area contributed by atoms with E-state index in [1.54, 1.807) is 7.11 Å². The molecule has 0 aromatic carbocycles. The van der Waals surface area contributed by atoms with Gasteiger partial charge in [-0.2, -0.15) is 0 Å². The van der Waals surface area contributed by atoms with Gasteiger partial charge in [0.2, 0.25) is 0 Å². The quantitative estimate of drug-likeness (QED) is 0.672. The van der Waals surface area contributed by atoms with Gasteiger partial charge in [-0.15, -0.1) is 0 Å². The molecule has 0 amide bonds. The van der Waals surface area contributed by atoms with Crippen LogP contribution >= 0.6 is 0 Å². The Morgan fingerprint density at radius 1 is 1.24 bits per heavy atom. The second-order valence-corrected chi connectivity index (χ2v) is 4.04. The van der Waals surface area contributed by atoms with E-state index in [1.807, 2.05) is 19.3 Å². The Labute approximate surface area is 102 Å². The molecule has 96 valence electrons. The molecule has 0 aliphatic heterocycles. The van der Waals surface area contributed by atoms with Gasteiger partial charge >= 0.3 is 0 Å². The number of nitrogens with zero attached hydrogens (tertiary/aromatic N) is 2. The van der Waals surface area contributed by atoms with E-state index in [0.717, 1.165) is 24.2 Å². The fourth-order valence-corrected chi connectivity index (χ4v) is 1.40. The largest absolute Gasteiger partial charge is 0.382 e. The predicted octanol–water partition coefficient (Wildman–Crippen LogP) is 0.572. The lowest BCUT2D eigenvalue weighted by atomic mass is 10.1. The summed E-state index contributed by atoms with van der Waals surface area (Å²) < 4.78 is 10.2. The molecule has 17 heavy (non-hydrogen) atoms. The van der Waals surface area contributed by atoms with Crippen LogP contribution in [0, 0.1) is 0 Å². The van der Waals surface area contributed by atoms with Gasteiger partial charge in [0.25, 0.3) is 0 Å². The minimum absolute atomic E-state index is 0.141. The Bertz CT molecular complexity index is 301. The molecule has 1 unspecified atom stereocenters. The van der Waals surface area contributed by atoms with Crippen molar-refractivity contribution in [3.05, 3.63) is 23.8 Å². The molecule has 0 spiro atoms. The molecule has 0 aliphatic rings. The van der Waals surface area contributed by atoms with Crippen molar-refractivity contribution in [3.63, 3.8) is 0 Å². The summed E-state index contributed by atoms with van der Waals surface area (Å²) in [5.41, 5.74) is 6.77. The van der Waals surface area contributed by atoms with Crippen LogP contribution in [-0.2, 0) is 22.3 Å². The van der Waals surface area contributed by atoms with E-state index >= 15 is 0 Å². The van der Waals surface area contributed by atoms with Crippen LogP contribution in [0.15, 0.2) is 12.4 Å². The van der Waals surface area contributed by atoms with Crippen LogP contribution < -0.4 is 5.73 Å². The van der Waals surface area contributed by atoms with Crippen LogP contribution in [0.2, 0.25) is 0 Å². The standard InChI is InChI=1S/C12H21N3O2/c1-10(13)7-11-8-14-12(15-9-11)3-4-17-6-5-16-2/h8-10H,3-7,13H2,1-2H3. The highest BCUT2D eigenvalue weighted by Crippen LogP contribution is 2.00. The molecule has 0 fully saturated rings. The fraction of sp³-hybridized carbons (Fsp3) is 0.667. The van der Waals surface area contributed by atoms with Gasteiger partial charge in [0, 0.05) is 32.0 Å². The number of hydrogen-bond donors (Lipinski definition) is 1. The third-order valence-electron chi connectivity index (χ3n) is 2.22. The molecular formula is C12H21N3O2. The summed E-state index contributed by atoms with van der Waals surface area (Å²) in [5.74, 6) is 0.802. The molecule has 5 heteroatoms. The van der Waals surface area contributed by atoms with Crippen LogP contribution in [0.25, 0.3) is 0 Å². The number of methoxy groups -OCH3 is 1. The SMILES string of the molecule is COCCOCCc1ncc(CC(C)N)cn1. The lowest BCUT2D eigenvalue weighted by molar-refractivity contribution is 0.0716. The van der Waals surface area contributed by atoms with E-state index in [2.05, 4.69) is 9.97 Å². The molecule has 0 aliphatic carbocycles. The zero-order chi connectivity index (χ0) is 12.5. The molecule has 0 radical (unpaired) electrons. The van der Waals surface area contributed by atoms with Crippen molar-refractivity contribution in [1.29, 1.82) is 0 Å². The van der Waals surface area contributed by atoms with Gasteiger partial charge < -0.3 is 15.2 Å². The van der Waals surface area contributed by atoms with Crippen LogP contribution in [0.1, 0.15) is 18.3 Å². The van der Waals surface area contributed by atoms with E-state index in [0.29, 0.717) is 19.8 Å². The van der Waals surface area contributed by atoms with Crippen LogP contribution in [-0.4, -0.2) is 42.9 Å². The molecule has 1 aromatic heterocycles. The van der Waals surface area contributed by atoms with Crippen molar-refractivity contribution < 1.29 is 9.47 Å². The average Bonchev–Trinajstić information content (AvgIpc) is 2.30. The van der Waals surface area contributed by atoms with Gasteiger partial charge in [0.05, 0.1) is 19.8 Å². The molecule has 1 aromatic rings. The Morgan fingerprint density at radius 3 is 2.53 bits per heavy atom. The monoisotopic (exact) mass is 239 g/mol. The maximum Gasteiger partial charge on any atom is 0.130 e. The average molecular weight is 239 g/mol. The third kappa shape index (κ3) is 6.31. The maximum absolute atomic E-state index is 5.70. The first-order chi connectivity index (χ1) is 8.22. The molecule has 0 saturated carbocycles. The van der Waals surface area contributed by atoms with E-state index in [4.69, 9.17) is 15.2 Å². The van der Waals surface area contributed by atoms with E-state index < -0.39 is 0 Å². The summed E-state index contributed by atoms with van der Waals surface area (Å²) in [6, 6.07) is 0.141. The van der Waals surface area contributed by atoms with Crippen molar-refractivity contribution in [3.8, 4) is 0 Å². The Kier molecular flexibility index (Phi) is 6.69. The highest BCUT2D eigenvalue weighted by Gasteiger charge is 2.01. The fourth-order valence-electron chi connectivity index (χ4n) is 1.40. The molecular weight excluding hydrogens is 218 g/mol. The first-order valence-electron chi connectivity index (χ1n) is 5.84.